The van der Waals surface area contributed by atoms with Crippen LogP contribution in [-0.2, 0) is 19.8 Å². The first-order chi connectivity index (χ1) is 7.09. The number of rotatable bonds is 6. The zero-order valence-electron chi connectivity index (χ0n) is 8.60. The molecule has 0 aromatic carbocycles. The summed E-state index contributed by atoms with van der Waals surface area (Å²) in [5.41, 5.74) is 0.773. The van der Waals surface area contributed by atoms with E-state index >= 15 is 0 Å². The van der Waals surface area contributed by atoms with Crippen LogP contribution in [0, 0.1) is 3.01 Å². The molecule has 0 atom stereocenters. The average molecular weight is 361 g/mol. The standard InChI is InChI=1S/C8H13INO3PS/c1-3-12-14(11,13-4-2)5-7-6-15-8(9)10-7/h6H,3-5H2,1-2H3. The fraction of sp³-hybridized carbons (Fsp3) is 0.625. The number of aromatic nitrogens is 1. The van der Waals surface area contributed by atoms with Gasteiger partial charge in [0.05, 0.1) is 25.1 Å². The van der Waals surface area contributed by atoms with Crippen LogP contribution in [0.4, 0.5) is 0 Å². The highest BCUT2D eigenvalue weighted by Crippen LogP contribution is 2.51. The van der Waals surface area contributed by atoms with Gasteiger partial charge in [0.2, 0.25) is 0 Å². The molecule has 0 amide bonds. The van der Waals surface area contributed by atoms with E-state index in [1.807, 2.05) is 5.38 Å². The summed E-state index contributed by atoms with van der Waals surface area (Å²) in [6, 6.07) is 0. The summed E-state index contributed by atoms with van der Waals surface area (Å²) in [4.78, 5) is 4.23. The molecule has 0 saturated carbocycles. The van der Waals surface area contributed by atoms with E-state index in [9.17, 15) is 4.57 Å². The summed E-state index contributed by atoms with van der Waals surface area (Å²) in [6.07, 6.45) is 0.258. The van der Waals surface area contributed by atoms with Crippen molar-refractivity contribution in [2.24, 2.45) is 0 Å². The van der Waals surface area contributed by atoms with Gasteiger partial charge >= 0.3 is 7.60 Å². The molecular weight excluding hydrogens is 348 g/mol. The minimum Gasteiger partial charge on any atom is -0.309 e. The lowest BCUT2D eigenvalue weighted by Crippen LogP contribution is -1.99. The zero-order chi connectivity index (χ0) is 11.3. The molecule has 0 fully saturated rings. The van der Waals surface area contributed by atoms with Gasteiger partial charge in [0.1, 0.15) is 0 Å². The van der Waals surface area contributed by atoms with Crippen LogP contribution in [0.15, 0.2) is 5.38 Å². The summed E-state index contributed by atoms with van der Waals surface area (Å²) in [5, 5.41) is 1.88. The van der Waals surface area contributed by atoms with Crippen molar-refractivity contribution in [2.45, 2.75) is 20.0 Å². The van der Waals surface area contributed by atoms with Crippen LogP contribution in [-0.4, -0.2) is 18.2 Å². The molecule has 0 saturated heterocycles. The van der Waals surface area contributed by atoms with Crippen molar-refractivity contribution in [1.82, 2.24) is 4.98 Å². The molecule has 0 spiro atoms. The van der Waals surface area contributed by atoms with E-state index in [0.29, 0.717) is 13.2 Å². The summed E-state index contributed by atoms with van der Waals surface area (Å²) >= 11 is 3.66. The monoisotopic (exact) mass is 361 g/mol. The Morgan fingerprint density at radius 1 is 1.47 bits per heavy atom. The van der Waals surface area contributed by atoms with Crippen molar-refractivity contribution in [3.05, 3.63) is 14.1 Å². The molecule has 7 heteroatoms. The molecule has 1 aromatic heterocycles. The summed E-state index contributed by atoms with van der Waals surface area (Å²) in [7, 11) is -2.99. The quantitative estimate of drug-likeness (QED) is 0.575. The topological polar surface area (TPSA) is 48.4 Å². The third kappa shape index (κ3) is 4.48. The van der Waals surface area contributed by atoms with E-state index in [4.69, 9.17) is 9.05 Å². The van der Waals surface area contributed by atoms with Gasteiger partial charge in [0, 0.05) is 5.38 Å². The van der Waals surface area contributed by atoms with E-state index in [0.717, 1.165) is 8.71 Å². The maximum Gasteiger partial charge on any atom is 0.336 e. The Hall–Kier alpha value is 0.510. The predicted molar refractivity (Wildman–Crippen MR) is 69.4 cm³/mol. The fourth-order valence-corrected chi connectivity index (χ4v) is 4.03. The van der Waals surface area contributed by atoms with Crippen LogP contribution in [0.1, 0.15) is 19.5 Å². The highest BCUT2D eigenvalue weighted by molar-refractivity contribution is 14.1. The van der Waals surface area contributed by atoms with Crippen molar-refractivity contribution in [3.8, 4) is 0 Å². The Morgan fingerprint density at radius 3 is 2.47 bits per heavy atom. The van der Waals surface area contributed by atoms with Crippen LogP contribution < -0.4 is 0 Å². The van der Waals surface area contributed by atoms with Crippen molar-refractivity contribution < 1.29 is 13.6 Å². The van der Waals surface area contributed by atoms with E-state index in [2.05, 4.69) is 27.6 Å². The minimum atomic E-state index is -2.99. The second-order valence-electron chi connectivity index (χ2n) is 2.70. The largest absolute Gasteiger partial charge is 0.336 e. The molecule has 0 N–H and O–H groups in total. The van der Waals surface area contributed by atoms with Gasteiger partial charge in [-0.15, -0.1) is 11.3 Å². The SMILES string of the molecule is CCOP(=O)(Cc1csc(I)n1)OCC. The van der Waals surface area contributed by atoms with Crippen molar-refractivity contribution in [2.75, 3.05) is 13.2 Å². The van der Waals surface area contributed by atoms with Crippen LogP contribution in [0.5, 0.6) is 0 Å². The summed E-state index contributed by atoms with van der Waals surface area (Å²) in [6.45, 7) is 4.38. The molecule has 0 aliphatic carbocycles. The smallest absolute Gasteiger partial charge is 0.309 e. The van der Waals surface area contributed by atoms with Gasteiger partial charge in [0.25, 0.3) is 0 Å². The Labute approximate surface area is 107 Å². The van der Waals surface area contributed by atoms with Crippen LogP contribution in [0.2, 0.25) is 0 Å². The third-order valence-corrected chi connectivity index (χ3v) is 5.23. The highest BCUT2D eigenvalue weighted by Gasteiger charge is 2.25. The normalized spacial score (nSPS) is 11.9. The van der Waals surface area contributed by atoms with Gasteiger partial charge in [-0.1, -0.05) is 0 Å². The van der Waals surface area contributed by atoms with Gasteiger partial charge in [-0.05, 0) is 36.4 Å². The molecule has 0 aliphatic rings. The summed E-state index contributed by atoms with van der Waals surface area (Å²) in [5.74, 6) is 0. The Kier molecular flexibility index (Phi) is 5.70. The second kappa shape index (κ2) is 6.30. The molecule has 0 unspecified atom stereocenters. The molecule has 4 nitrogen and oxygen atoms in total. The van der Waals surface area contributed by atoms with Crippen molar-refractivity contribution >= 4 is 41.5 Å². The molecule has 0 bridgehead atoms. The minimum absolute atomic E-state index is 0.258. The van der Waals surface area contributed by atoms with Gasteiger partial charge < -0.3 is 9.05 Å². The third-order valence-electron chi connectivity index (χ3n) is 1.53. The lowest BCUT2D eigenvalue weighted by molar-refractivity contribution is 0.219. The van der Waals surface area contributed by atoms with Crippen LogP contribution in [0.25, 0.3) is 0 Å². The first-order valence-corrected chi connectivity index (χ1v) is 8.26. The molecule has 1 rings (SSSR count). The lowest BCUT2D eigenvalue weighted by atomic mass is 10.6. The van der Waals surface area contributed by atoms with Crippen molar-refractivity contribution in [1.29, 1.82) is 0 Å². The maximum absolute atomic E-state index is 12.1. The van der Waals surface area contributed by atoms with Crippen LogP contribution in [0.3, 0.4) is 0 Å². The van der Waals surface area contributed by atoms with Crippen molar-refractivity contribution in [3.63, 3.8) is 0 Å². The molecule has 0 aliphatic heterocycles. The highest BCUT2D eigenvalue weighted by atomic mass is 127. The number of hydrogen-bond acceptors (Lipinski definition) is 5. The van der Waals surface area contributed by atoms with Gasteiger partial charge in [-0.3, -0.25) is 4.57 Å². The molecular formula is C8H13INO3PS. The Bertz CT molecular complexity index is 347. The maximum atomic E-state index is 12.1. The number of halogens is 1. The average Bonchev–Trinajstić information content (AvgIpc) is 2.51. The van der Waals surface area contributed by atoms with Gasteiger partial charge in [-0.2, -0.15) is 0 Å². The molecule has 0 radical (unpaired) electrons. The molecule has 1 heterocycles. The number of hydrogen-bond donors (Lipinski definition) is 0. The fourth-order valence-electron chi connectivity index (χ4n) is 1.08. The van der Waals surface area contributed by atoms with E-state index < -0.39 is 7.60 Å². The predicted octanol–water partition coefficient (Wildman–Crippen LogP) is 3.51. The zero-order valence-corrected chi connectivity index (χ0v) is 12.5. The number of thiazole rings is 1. The van der Waals surface area contributed by atoms with Crippen LogP contribution >= 0.6 is 41.5 Å². The molecule has 15 heavy (non-hydrogen) atoms. The lowest BCUT2D eigenvalue weighted by Gasteiger charge is -2.15. The second-order valence-corrected chi connectivity index (χ2v) is 7.36. The van der Waals surface area contributed by atoms with Gasteiger partial charge in [0.15, 0.2) is 3.01 Å². The Balaban J connectivity index is 2.70. The summed E-state index contributed by atoms with van der Waals surface area (Å²) < 4.78 is 23.4. The first-order valence-electron chi connectivity index (χ1n) is 4.57. The van der Waals surface area contributed by atoms with E-state index in [1.165, 1.54) is 11.3 Å². The Morgan fingerprint density at radius 2 is 2.07 bits per heavy atom. The molecule has 86 valence electrons. The van der Waals surface area contributed by atoms with E-state index in [-0.39, 0.29) is 6.16 Å². The van der Waals surface area contributed by atoms with Gasteiger partial charge in [-0.25, -0.2) is 4.98 Å². The number of nitrogens with zero attached hydrogens (tertiary/aromatic N) is 1. The first kappa shape index (κ1) is 13.6. The molecule has 1 aromatic rings. The van der Waals surface area contributed by atoms with E-state index in [1.54, 1.807) is 13.8 Å².